The molecule has 0 N–H and O–H groups in total. The van der Waals surface area contributed by atoms with E-state index in [1.807, 2.05) is 66.7 Å². The molecule has 0 saturated carbocycles. The molecule has 0 unspecified atom stereocenters. The minimum absolute atomic E-state index is 0.0562. The molecule has 0 amide bonds. The Morgan fingerprint density at radius 3 is 1.61 bits per heavy atom. The summed E-state index contributed by atoms with van der Waals surface area (Å²) >= 11 is 0. The molecule has 49 heavy (non-hydrogen) atoms. The average Bonchev–Trinajstić information content (AvgIpc) is 3.49. The number of hydrogen-bond donors (Lipinski definition) is 0. The molecule has 0 aliphatic carbocycles. The molecule has 0 saturated heterocycles. The van der Waals surface area contributed by atoms with Gasteiger partial charge < -0.3 is 13.9 Å². The predicted molar refractivity (Wildman–Crippen MR) is 203 cm³/mol. The maximum Gasteiger partial charge on any atom is 0.197 e. The SMILES string of the molecule is O=c1c2ccccc2n2c3ccc(-n4c5ccccc5c5cc(N(c6ccccc6)c6ccccc6)ccc54)cc3c(=O)c3cccc1c32. The Hall–Kier alpha value is -6.72. The topological polar surface area (TPSA) is 46.7 Å². The van der Waals surface area contributed by atoms with Gasteiger partial charge in [0.15, 0.2) is 10.9 Å². The molecule has 5 nitrogen and oxygen atoms in total. The third-order valence-corrected chi connectivity index (χ3v) is 9.81. The van der Waals surface area contributed by atoms with Crippen LogP contribution in [0.3, 0.4) is 0 Å². The van der Waals surface area contributed by atoms with Gasteiger partial charge in [0.25, 0.3) is 0 Å². The largest absolute Gasteiger partial charge is 0.310 e. The molecular weight excluding hydrogens is 603 g/mol. The van der Waals surface area contributed by atoms with Crippen molar-refractivity contribution in [3.8, 4) is 5.69 Å². The molecule has 5 heteroatoms. The second-order valence-corrected chi connectivity index (χ2v) is 12.5. The zero-order valence-corrected chi connectivity index (χ0v) is 26.2. The van der Waals surface area contributed by atoms with Gasteiger partial charge in [0, 0.05) is 55.1 Å². The van der Waals surface area contributed by atoms with Gasteiger partial charge in [-0.25, -0.2) is 0 Å². The Labute approximate surface area is 280 Å². The summed E-state index contributed by atoms with van der Waals surface area (Å²) in [5, 5.41) is 4.58. The lowest BCUT2D eigenvalue weighted by Gasteiger charge is -2.25. The van der Waals surface area contributed by atoms with E-state index < -0.39 is 0 Å². The van der Waals surface area contributed by atoms with E-state index in [0.29, 0.717) is 27.1 Å². The first-order valence-corrected chi connectivity index (χ1v) is 16.4. The lowest BCUT2D eigenvalue weighted by Crippen LogP contribution is -2.14. The van der Waals surface area contributed by atoms with Crippen molar-refractivity contribution in [3.05, 3.63) is 184 Å². The fourth-order valence-corrected chi connectivity index (χ4v) is 7.69. The molecule has 3 aromatic heterocycles. The molecule has 10 rings (SSSR count). The van der Waals surface area contributed by atoms with Gasteiger partial charge in [0.05, 0.1) is 27.6 Å². The quantitative estimate of drug-likeness (QED) is 0.144. The minimum Gasteiger partial charge on any atom is -0.310 e. The summed E-state index contributed by atoms with van der Waals surface area (Å²) in [7, 11) is 0. The summed E-state index contributed by atoms with van der Waals surface area (Å²) in [5.74, 6) is 0. The monoisotopic (exact) mass is 629 g/mol. The number of pyridine rings is 2. The van der Waals surface area contributed by atoms with Gasteiger partial charge in [0.2, 0.25) is 0 Å². The molecule has 0 spiro atoms. The first kappa shape index (κ1) is 27.4. The van der Waals surface area contributed by atoms with Crippen molar-refractivity contribution in [1.29, 1.82) is 0 Å². The minimum atomic E-state index is -0.0819. The van der Waals surface area contributed by atoms with Crippen LogP contribution in [-0.4, -0.2) is 8.97 Å². The fourth-order valence-electron chi connectivity index (χ4n) is 7.69. The number of para-hydroxylation sites is 5. The number of benzene rings is 7. The summed E-state index contributed by atoms with van der Waals surface area (Å²) in [6.45, 7) is 0. The zero-order valence-electron chi connectivity index (χ0n) is 26.2. The van der Waals surface area contributed by atoms with E-state index in [1.165, 1.54) is 0 Å². The second kappa shape index (κ2) is 10.4. The molecular formula is C44H27N3O2. The Morgan fingerprint density at radius 2 is 0.898 bits per heavy atom. The normalized spacial score (nSPS) is 11.8. The molecule has 10 aromatic rings. The zero-order chi connectivity index (χ0) is 32.6. The highest BCUT2D eigenvalue weighted by Crippen LogP contribution is 2.40. The van der Waals surface area contributed by atoms with Crippen LogP contribution in [0, 0.1) is 0 Å². The van der Waals surface area contributed by atoms with Crippen LogP contribution in [0.25, 0.3) is 65.6 Å². The van der Waals surface area contributed by atoms with Crippen molar-refractivity contribution in [2.24, 2.45) is 0 Å². The first-order valence-electron chi connectivity index (χ1n) is 16.4. The van der Waals surface area contributed by atoms with E-state index in [1.54, 1.807) is 0 Å². The number of nitrogens with zero attached hydrogens (tertiary/aromatic N) is 3. The molecule has 0 fully saturated rings. The lowest BCUT2D eigenvalue weighted by atomic mass is 10.0. The van der Waals surface area contributed by atoms with Gasteiger partial charge in [-0.3, -0.25) is 9.59 Å². The number of aromatic nitrogens is 2. The fraction of sp³-hybridized carbons (Fsp3) is 0. The van der Waals surface area contributed by atoms with Crippen LogP contribution in [0.2, 0.25) is 0 Å². The van der Waals surface area contributed by atoms with Crippen molar-refractivity contribution < 1.29 is 0 Å². The summed E-state index contributed by atoms with van der Waals surface area (Å²) < 4.78 is 4.33. The van der Waals surface area contributed by atoms with Gasteiger partial charge in [-0.15, -0.1) is 0 Å². The third kappa shape index (κ3) is 3.93. The first-order chi connectivity index (χ1) is 24.2. The number of anilines is 3. The van der Waals surface area contributed by atoms with Gasteiger partial charge in [0.1, 0.15) is 0 Å². The third-order valence-electron chi connectivity index (χ3n) is 9.81. The lowest BCUT2D eigenvalue weighted by molar-refractivity contribution is 1.18. The van der Waals surface area contributed by atoms with Gasteiger partial charge in [-0.2, -0.15) is 0 Å². The maximum absolute atomic E-state index is 14.2. The van der Waals surface area contributed by atoms with E-state index in [4.69, 9.17) is 0 Å². The molecule has 0 aliphatic rings. The number of rotatable bonds is 4. The van der Waals surface area contributed by atoms with E-state index >= 15 is 0 Å². The molecule has 7 aromatic carbocycles. The van der Waals surface area contributed by atoms with Gasteiger partial charge >= 0.3 is 0 Å². The van der Waals surface area contributed by atoms with Crippen LogP contribution >= 0.6 is 0 Å². The molecule has 230 valence electrons. The summed E-state index contributed by atoms with van der Waals surface area (Å²) in [5.41, 5.74) is 8.31. The predicted octanol–water partition coefficient (Wildman–Crippen LogP) is 10.1. The van der Waals surface area contributed by atoms with Crippen LogP contribution in [-0.2, 0) is 0 Å². The van der Waals surface area contributed by atoms with Crippen molar-refractivity contribution in [2.45, 2.75) is 0 Å². The highest BCUT2D eigenvalue weighted by molar-refractivity contribution is 6.12. The maximum atomic E-state index is 14.2. The highest BCUT2D eigenvalue weighted by Gasteiger charge is 2.20. The van der Waals surface area contributed by atoms with Gasteiger partial charge in [-0.05, 0) is 91.0 Å². The smallest absolute Gasteiger partial charge is 0.197 e. The van der Waals surface area contributed by atoms with Crippen molar-refractivity contribution in [2.75, 3.05) is 4.90 Å². The summed E-state index contributed by atoms with van der Waals surface area (Å²) in [6.07, 6.45) is 0. The molecule has 0 bridgehead atoms. The van der Waals surface area contributed by atoms with Crippen LogP contribution in [0.1, 0.15) is 0 Å². The van der Waals surface area contributed by atoms with E-state index in [-0.39, 0.29) is 10.9 Å². The van der Waals surface area contributed by atoms with Crippen LogP contribution in [0.4, 0.5) is 17.1 Å². The number of hydrogen-bond acceptors (Lipinski definition) is 3. The van der Waals surface area contributed by atoms with Crippen LogP contribution in [0.5, 0.6) is 0 Å². The van der Waals surface area contributed by atoms with E-state index in [2.05, 4.69) is 111 Å². The summed E-state index contributed by atoms with van der Waals surface area (Å²) in [4.78, 5) is 30.0. The standard InChI is InChI=1S/C44H27N3O2/c48-43-33-17-8-10-21-39(33)47-41-25-23-31(27-37(41)44(49)35-19-11-18-34(43)42(35)47)46-38-20-9-7-16-32(38)36-26-30(22-24-40(36)46)45(28-12-3-1-4-13-28)29-14-5-2-6-15-29/h1-27H. The molecule has 0 radical (unpaired) electrons. The van der Waals surface area contributed by atoms with Gasteiger partial charge in [-0.1, -0.05) is 72.8 Å². The number of fused-ring (bicyclic) bond motifs is 7. The Balaban J connectivity index is 1.25. The van der Waals surface area contributed by atoms with Crippen molar-refractivity contribution in [3.63, 3.8) is 0 Å². The summed E-state index contributed by atoms with van der Waals surface area (Å²) in [6, 6.07) is 55.1. The Bertz CT molecular complexity index is 3000. The molecule has 0 aliphatic heterocycles. The molecule has 3 heterocycles. The Morgan fingerprint density at radius 1 is 0.367 bits per heavy atom. The second-order valence-electron chi connectivity index (χ2n) is 12.5. The van der Waals surface area contributed by atoms with Crippen LogP contribution < -0.4 is 15.8 Å². The van der Waals surface area contributed by atoms with E-state index in [9.17, 15) is 9.59 Å². The van der Waals surface area contributed by atoms with E-state index in [0.717, 1.165) is 55.6 Å². The van der Waals surface area contributed by atoms with Crippen molar-refractivity contribution >= 4 is 77.0 Å². The molecule has 0 atom stereocenters. The average molecular weight is 630 g/mol. The van der Waals surface area contributed by atoms with Crippen LogP contribution in [0.15, 0.2) is 173 Å². The van der Waals surface area contributed by atoms with Crippen molar-refractivity contribution in [1.82, 2.24) is 8.97 Å². The highest BCUT2D eigenvalue weighted by atomic mass is 16.1. The Kier molecular flexibility index (Phi) is 5.81.